The van der Waals surface area contributed by atoms with Crippen LogP contribution < -0.4 is 10.6 Å². The minimum atomic E-state index is -0.0301. The number of carbonyl (C=O) groups excluding carboxylic acids is 1. The Hall–Kier alpha value is -2.14. The van der Waals surface area contributed by atoms with Gasteiger partial charge in [0, 0.05) is 19.8 Å². The molecule has 18 heavy (non-hydrogen) atoms. The molecule has 0 bridgehead atoms. The van der Waals surface area contributed by atoms with Crippen LogP contribution in [0.3, 0.4) is 0 Å². The maximum Gasteiger partial charge on any atom is 0.233 e. The lowest BCUT2D eigenvalue weighted by atomic mass is 10.3. The average molecular weight is 244 g/mol. The molecule has 0 aliphatic heterocycles. The van der Waals surface area contributed by atoms with Gasteiger partial charge in [-0.05, 0) is 18.2 Å². The summed E-state index contributed by atoms with van der Waals surface area (Å²) in [5.41, 5.74) is 1.93. The number of carbonyl (C=O) groups is 1. The van der Waals surface area contributed by atoms with E-state index in [-0.39, 0.29) is 5.91 Å². The van der Waals surface area contributed by atoms with Gasteiger partial charge < -0.3 is 10.6 Å². The first-order valence-electron chi connectivity index (χ1n) is 5.81. The fourth-order valence-electron chi connectivity index (χ4n) is 1.57. The molecule has 0 spiro atoms. The molecule has 0 atom stereocenters. The van der Waals surface area contributed by atoms with Crippen LogP contribution in [-0.4, -0.2) is 29.3 Å². The summed E-state index contributed by atoms with van der Waals surface area (Å²) in [7, 11) is 1.62. The van der Waals surface area contributed by atoms with Gasteiger partial charge in [-0.15, -0.1) is 0 Å². The predicted octanol–water partition coefficient (Wildman–Crippen LogP) is 0.708. The summed E-state index contributed by atoms with van der Waals surface area (Å²) in [6, 6.07) is 11.8. The molecule has 0 unspecified atom stereocenters. The van der Waals surface area contributed by atoms with Crippen molar-refractivity contribution in [3.8, 4) is 5.69 Å². The molecule has 1 aromatic heterocycles. The first-order chi connectivity index (χ1) is 8.79. The standard InChI is InChI=1S/C13H16N4O/c1-14-13(18)10-15-9-11-7-8-17(16-11)12-5-3-2-4-6-12/h2-8,15H,9-10H2,1H3,(H,14,18). The average Bonchev–Trinajstić information content (AvgIpc) is 2.88. The first kappa shape index (κ1) is 12.3. The summed E-state index contributed by atoms with van der Waals surface area (Å²) in [5, 5.41) is 10.0. The van der Waals surface area contributed by atoms with Crippen molar-refractivity contribution in [1.82, 2.24) is 20.4 Å². The van der Waals surface area contributed by atoms with Crippen molar-refractivity contribution in [2.45, 2.75) is 6.54 Å². The van der Waals surface area contributed by atoms with Crippen molar-refractivity contribution in [3.05, 3.63) is 48.3 Å². The number of rotatable bonds is 5. The summed E-state index contributed by atoms with van der Waals surface area (Å²) < 4.78 is 1.82. The number of likely N-dealkylation sites (N-methyl/N-ethyl adjacent to an activating group) is 1. The molecule has 0 aliphatic carbocycles. The quantitative estimate of drug-likeness (QED) is 0.814. The van der Waals surface area contributed by atoms with E-state index in [1.54, 1.807) is 7.05 Å². The maximum absolute atomic E-state index is 11.0. The zero-order valence-corrected chi connectivity index (χ0v) is 10.3. The molecule has 5 nitrogen and oxygen atoms in total. The van der Waals surface area contributed by atoms with E-state index in [0.29, 0.717) is 13.1 Å². The lowest BCUT2D eigenvalue weighted by Crippen LogP contribution is -2.31. The molecule has 2 N–H and O–H groups in total. The second-order valence-corrected chi connectivity index (χ2v) is 3.86. The van der Waals surface area contributed by atoms with Crippen LogP contribution >= 0.6 is 0 Å². The molecule has 2 rings (SSSR count). The molecule has 2 aromatic rings. The molecule has 0 fully saturated rings. The van der Waals surface area contributed by atoms with Gasteiger partial charge in [0.1, 0.15) is 0 Å². The molecular weight excluding hydrogens is 228 g/mol. The highest BCUT2D eigenvalue weighted by atomic mass is 16.1. The van der Waals surface area contributed by atoms with E-state index in [9.17, 15) is 4.79 Å². The van der Waals surface area contributed by atoms with Crippen LogP contribution in [0.25, 0.3) is 5.69 Å². The van der Waals surface area contributed by atoms with Gasteiger partial charge in [0.25, 0.3) is 0 Å². The zero-order chi connectivity index (χ0) is 12.8. The van der Waals surface area contributed by atoms with Gasteiger partial charge in [-0.3, -0.25) is 4.79 Å². The Kier molecular flexibility index (Phi) is 4.09. The fourth-order valence-corrected chi connectivity index (χ4v) is 1.57. The Morgan fingerprint density at radius 3 is 2.78 bits per heavy atom. The number of hydrogen-bond acceptors (Lipinski definition) is 3. The van der Waals surface area contributed by atoms with Gasteiger partial charge >= 0.3 is 0 Å². The summed E-state index contributed by atoms with van der Waals surface area (Å²) in [5.74, 6) is -0.0301. The Morgan fingerprint density at radius 1 is 1.28 bits per heavy atom. The molecular formula is C13H16N4O. The van der Waals surface area contributed by atoms with Gasteiger partial charge in [0.15, 0.2) is 0 Å². The summed E-state index contributed by atoms with van der Waals surface area (Å²) >= 11 is 0. The van der Waals surface area contributed by atoms with E-state index in [0.717, 1.165) is 11.4 Å². The minimum absolute atomic E-state index is 0.0301. The van der Waals surface area contributed by atoms with Crippen LogP contribution in [0.4, 0.5) is 0 Å². The third-order valence-corrected chi connectivity index (χ3v) is 2.54. The molecule has 0 radical (unpaired) electrons. The van der Waals surface area contributed by atoms with E-state index in [1.807, 2.05) is 47.3 Å². The van der Waals surface area contributed by atoms with Crippen LogP contribution in [-0.2, 0) is 11.3 Å². The molecule has 94 valence electrons. The van der Waals surface area contributed by atoms with Crippen LogP contribution in [0.15, 0.2) is 42.6 Å². The van der Waals surface area contributed by atoms with E-state index in [4.69, 9.17) is 0 Å². The van der Waals surface area contributed by atoms with Crippen LogP contribution in [0.2, 0.25) is 0 Å². The van der Waals surface area contributed by atoms with Crippen molar-refractivity contribution < 1.29 is 4.79 Å². The second-order valence-electron chi connectivity index (χ2n) is 3.86. The third-order valence-electron chi connectivity index (χ3n) is 2.54. The van der Waals surface area contributed by atoms with Crippen molar-refractivity contribution in [1.29, 1.82) is 0 Å². The summed E-state index contributed by atoms with van der Waals surface area (Å²) in [6.45, 7) is 0.877. The van der Waals surface area contributed by atoms with Crippen LogP contribution in [0.1, 0.15) is 5.69 Å². The molecule has 1 amide bonds. The second kappa shape index (κ2) is 5.97. The zero-order valence-electron chi connectivity index (χ0n) is 10.3. The number of aromatic nitrogens is 2. The normalized spacial score (nSPS) is 10.3. The first-order valence-corrected chi connectivity index (χ1v) is 5.81. The third kappa shape index (κ3) is 3.18. The number of amides is 1. The minimum Gasteiger partial charge on any atom is -0.358 e. The van der Waals surface area contributed by atoms with E-state index in [1.165, 1.54) is 0 Å². The molecule has 0 aliphatic rings. The number of nitrogens with zero attached hydrogens (tertiary/aromatic N) is 2. The molecule has 0 saturated carbocycles. The molecule has 1 aromatic carbocycles. The van der Waals surface area contributed by atoms with E-state index >= 15 is 0 Å². The smallest absolute Gasteiger partial charge is 0.233 e. The Labute approximate surface area is 106 Å². The Balaban J connectivity index is 1.93. The van der Waals surface area contributed by atoms with Gasteiger partial charge in [0.05, 0.1) is 17.9 Å². The highest BCUT2D eigenvalue weighted by molar-refractivity contribution is 5.77. The monoisotopic (exact) mass is 244 g/mol. The summed E-state index contributed by atoms with van der Waals surface area (Å²) in [6.07, 6.45) is 1.91. The van der Waals surface area contributed by atoms with Crippen molar-refractivity contribution in [3.63, 3.8) is 0 Å². The number of hydrogen-bond donors (Lipinski definition) is 2. The molecule has 1 heterocycles. The topological polar surface area (TPSA) is 59.0 Å². The van der Waals surface area contributed by atoms with Gasteiger partial charge in [-0.1, -0.05) is 18.2 Å². The van der Waals surface area contributed by atoms with Crippen molar-refractivity contribution in [2.24, 2.45) is 0 Å². The highest BCUT2D eigenvalue weighted by Crippen LogP contribution is 2.06. The lowest BCUT2D eigenvalue weighted by molar-refractivity contribution is -0.119. The fraction of sp³-hybridized carbons (Fsp3) is 0.231. The molecule has 0 saturated heterocycles. The van der Waals surface area contributed by atoms with E-state index < -0.39 is 0 Å². The van der Waals surface area contributed by atoms with Crippen molar-refractivity contribution >= 4 is 5.91 Å². The van der Waals surface area contributed by atoms with Crippen LogP contribution in [0, 0.1) is 0 Å². The Morgan fingerprint density at radius 2 is 2.06 bits per heavy atom. The lowest BCUT2D eigenvalue weighted by Gasteiger charge is -2.02. The number of nitrogens with one attached hydrogen (secondary N) is 2. The largest absolute Gasteiger partial charge is 0.358 e. The van der Waals surface area contributed by atoms with Gasteiger partial charge in [-0.25, -0.2) is 4.68 Å². The SMILES string of the molecule is CNC(=O)CNCc1ccn(-c2ccccc2)n1. The number of para-hydroxylation sites is 1. The highest BCUT2D eigenvalue weighted by Gasteiger charge is 2.01. The summed E-state index contributed by atoms with van der Waals surface area (Å²) in [4.78, 5) is 11.0. The van der Waals surface area contributed by atoms with E-state index in [2.05, 4.69) is 15.7 Å². The maximum atomic E-state index is 11.0. The Bertz CT molecular complexity index is 507. The van der Waals surface area contributed by atoms with Crippen LogP contribution in [0.5, 0.6) is 0 Å². The van der Waals surface area contributed by atoms with Gasteiger partial charge in [-0.2, -0.15) is 5.10 Å². The molecule has 5 heteroatoms. The number of benzene rings is 1. The predicted molar refractivity (Wildman–Crippen MR) is 69.3 cm³/mol. The van der Waals surface area contributed by atoms with Gasteiger partial charge in [0.2, 0.25) is 5.91 Å². The van der Waals surface area contributed by atoms with Crippen molar-refractivity contribution in [2.75, 3.05) is 13.6 Å².